The number of benzene rings is 3. The summed E-state index contributed by atoms with van der Waals surface area (Å²) in [7, 11) is 2.05. The van der Waals surface area contributed by atoms with Crippen LogP contribution in [0.4, 0.5) is 5.13 Å². The van der Waals surface area contributed by atoms with E-state index >= 15 is 0 Å². The molecule has 0 atom stereocenters. The van der Waals surface area contributed by atoms with Crippen molar-refractivity contribution in [2.75, 3.05) is 18.5 Å². The molecule has 0 unspecified atom stereocenters. The molecule has 0 spiro atoms. The Hall–Kier alpha value is -3.18. The van der Waals surface area contributed by atoms with Crippen LogP contribution in [0.5, 0.6) is 0 Å². The highest BCUT2D eigenvalue weighted by atomic mass is 32.1. The third-order valence-corrected chi connectivity index (χ3v) is 6.13. The summed E-state index contributed by atoms with van der Waals surface area (Å²) in [6, 6.07) is 22.6. The molecule has 0 bridgehead atoms. The maximum Gasteiger partial charge on any atom is 0.251 e. The van der Waals surface area contributed by atoms with E-state index in [4.69, 9.17) is 4.98 Å². The molecule has 1 aromatic heterocycles. The zero-order valence-electron chi connectivity index (χ0n) is 18.1. The molecule has 1 heterocycles. The molecule has 4 nitrogen and oxygen atoms in total. The van der Waals surface area contributed by atoms with Gasteiger partial charge in [-0.25, -0.2) is 4.98 Å². The number of amides is 1. The molecule has 0 radical (unpaired) electrons. The average molecular weight is 430 g/mol. The van der Waals surface area contributed by atoms with E-state index in [1.54, 1.807) is 11.3 Å². The van der Waals surface area contributed by atoms with Crippen LogP contribution in [0.15, 0.2) is 72.1 Å². The lowest BCUT2D eigenvalue weighted by atomic mass is 10.1. The first-order valence-corrected chi connectivity index (χ1v) is 11.4. The molecule has 4 rings (SSSR count). The zero-order valence-corrected chi connectivity index (χ0v) is 18.9. The quantitative estimate of drug-likeness (QED) is 0.393. The Morgan fingerprint density at radius 2 is 1.77 bits per heavy atom. The minimum atomic E-state index is -0.0199. The van der Waals surface area contributed by atoms with Crippen molar-refractivity contribution in [2.24, 2.45) is 5.92 Å². The van der Waals surface area contributed by atoms with E-state index in [9.17, 15) is 4.79 Å². The normalized spacial score (nSPS) is 11.1. The maximum atomic E-state index is 12.2. The summed E-state index contributed by atoms with van der Waals surface area (Å²) >= 11 is 1.65. The van der Waals surface area contributed by atoms with Crippen molar-refractivity contribution in [2.45, 2.75) is 20.4 Å². The second kappa shape index (κ2) is 9.31. The number of hydrogen-bond acceptors (Lipinski definition) is 4. The van der Waals surface area contributed by atoms with Gasteiger partial charge in [0.15, 0.2) is 5.13 Å². The van der Waals surface area contributed by atoms with E-state index in [1.807, 2.05) is 31.3 Å². The van der Waals surface area contributed by atoms with E-state index in [-0.39, 0.29) is 5.91 Å². The second-order valence-corrected chi connectivity index (χ2v) is 9.07. The monoisotopic (exact) mass is 429 g/mol. The first-order valence-electron chi connectivity index (χ1n) is 10.5. The number of anilines is 1. The Bertz CT molecular complexity index is 1180. The molecule has 0 saturated heterocycles. The number of nitrogens with zero attached hydrogens (tertiary/aromatic N) is 2. The van der Waals surface area contributed by atoms with Crippen LogP contribution in [0, 0.1) is 5.92 Å². The number of carbonyl (C=O) groups excluding carboxylic acids is 1. The molecule has 0 aliphatic rings. The third-order valence-electron chi connectivity index (χ3n) is 5.17. The van der Waals surface area contributed by atoms with E-state index < -0.39 is 0 Å². The fraction of sp³-hybridized carbons (Fsp3) is 0.231. The molecule has 0 aliphatic carbocycles. The van der Waals surface area contributed by atoms with Gasteiger partial charge in [-0.1, -0.05) is 62.4 Å². The largest absolute Gasteiger partial charge is 0.352 e. The van der Waals surface area contributed by atoms with Gasteiger partial charge < -0.3 is 10.2 Å². The van der Waals surface area contributed by atoms with E-state index in [0.717, 1.165) is 28.5 Å². The van der Waals surface area contributed by atoms with Gasteiger partial charge in [-0.2, -0.15) is 0 Å². The van der Waals surface area contributed by atoms with Crippen molar-refractivity contribution in [1.82, 2.24) is 10.3 Å². The molecule has 0 aliphatic heterocycles. The van der Waals surface area contributed by atoms with Crippen LogP contribution < -0.4 is 10.2 Å². The molecule has 4 aromatic rings. The Balaban J connectivity index is 1.42. The smallest absolute Gasteiger partial charge is 0.251 e. The fourth-order valence-electron chi connectivity index (χ4n) is 3.42. The lowest BCUT2D eigenvalue weighted by Crippen LogP contribution is -2.27. The lowest BCUT2D eigenvalue weighted by Gasteiger charge is -2.16. The van der Waals surface area contributed by atoms with Crippen LogP contribution in [-0.4, -0.2) is 24.5 Å². The summed E-state index contributed by atoms with van der Waals surface area (Å²) in [5.74, 6) is 0.420. The maximum absolute atomic E-state index is 12.2. The Kier molecular flexibility index (Phi) is 6.33. The Morgan fingerprint density at radius 1 is 1.03 bits per heavy atom. The molecule has 31 heavy (non-hydrogen) atoms. The lowest BCUT2D eigenvalue weighted by molar-refractivity contribution is 0.0949. The van der Waals surface area contributed by atoms with Crippen LogP contribution in [0.1, 0.15) is 29.8 Å². The van der Waals surface area contributed by atoms with Gasteiger partial charge in [-0.15, -0.1) is 11.3 Å². The predicted octanol–water partition coefficient (Wildman–Crippen LogP) is 5.99. The summed E-state index contributed by atoms with van der Waals surface area (Å²) in [5, 5.41) is 8.50. The van der Waals surface area contributed by atoms with Gasteiger partial charge in [-0.3, -0.25) is 4.79 Å². The van der Waals surface area contributed by atoms with Crippen molar-refractivity contribution in [1.29, 1.82) is 0 Å². The number of nitrogens with one attached hydrogen (secondary N) is 1. The van der Waals surface area contributed by atoms with Gasteiger partial charge >= 0.3 is 0 Å². The van der Waals surface area contributed by atoms with Crippen molar-refractivity contribution < 1.29 is 4.79 Å². The van der Waals surface area contributed by atoms with Gasteiger partial charge in [0.05, 0.1) is 5.69 Å². The van der Waals surface area contributed by atoms with E-state index in [0.29, 0.717) is 18.0 Å². The minimum absolute atomic E-state index is 0.0199. The van der Waals surface area contributed by atoms with Gasteiger partial charge in [0, 0.05) is 36.6 Å². The van der Waals surface area contributed by atoms with Crippen molar-refractivity contribution in [3.63, 3.8) is 0 Å². The van der Waals surface area contributed by atoms with Crippen LogP contribution in [0.2, 0.25) is 0 Å². The number of hydrogen-bond donors (Lipinski definition) is 1. The number of carbonyl (C=O) groups is 1. The van der Waals surface area contributed by atoms with Gasteiger partial charge in [0.25, 0.3) is 5.91 Å². The van der Waals surface area contributed by atoms with Gasteiger partial charge in [0.1, 0.15) is 0 Å². The van der Waals surface area contributed by atoms with E-state index in [2.05, 4.69) is 71.9 Å². The van der Waals surface area contributed by atoms with Gasteiger partial charge in [-0.05, 0) is 40.5 Å². The molecule has 5 heteroatoms. The highest BCUT2D eigenvalue weighted by molar-refractivity contribution is 7.14. The summed E-state index contributed by atoms with van der Waals surface area (Å²) in [5.41, 5.74) is 3.96. The van der Waals surface area contributed by atoms with Crippen molar-refractivity contribution in [3.8, 4) is 11.3 Å². The standard InChI is InChI=1S/C26H27N3OS/c1-18(2)15-27-25(30)21-10-8-19(9-11-21)16-29(3)26-28-24(17-31-26)23-13-12-20-6-4-5-7-22(20)14-23/h4-14,17-18H,15-16H2,1-3H3,(H,27,30). The second-order valence-electron chi connectivity index (χ2n) is 8.23. The molecule has 1 N–H and O–H groups in total. The zero-order chi connectivity index (χ0) is 21.8. The molecule has 3 aromatic carbocycles. The molecule has 0 saturated carbocycles. The van der Waals surface area contributed by atoms with Crippen LogP contribution in [0.25, 0.3) is 22.0 Å². The highest BCUT2D eigenvalue weighted by Gasteiger charge is 2.11. The summed E-state index contributed by atoms with van der Waals surface area (Å²) in [6.07, 6.45) is 0. The van der Waals surface area contributed by atoms with E-state index in [1.165, 1.54) is 10.8 Å². The number of thiazole rings is 1. The number of aromatic nitrogens is 1. The van der Waals surface area contributed by atoms with Crippen LogP contribution in [0.3, 0.4) is 0 Å². The topological polar surface area (TPSA) is 45.2 Å². The molecular weight excluding hydrogens is 402 g/mol. The summed E-state index contributed by atoms with van der Waals surface area (Å²) in [6.45, 7) is 5.60. The minimum Gasteiger partial charge on any atom is -0.352 e. The number of fused-ring (bicyclic) bond motifs is 1. The first-order chi connectivity index (χ1) is 15.0. The molecule has 158 valence electrons. The summed E-state index contributed by atoms with van der Waals surface area (Å²) in [4.78, 5) is 19.2. The van der Waals surface area contributed by atoms with Crippen molar-refractivity contribution >= 4 is 33.1 Å². The number of rotatable bonds is 7. The SMILES string of the molecule is CC(C)CNC(=O)c1ccc(CN(C)c2nc(-c3ccc4ccccc4c3)cs2)cc1. The summed E-state index contributed by atoms with van der Waals surface area (Å²) < 4.78 is 0. The fourth-order valence-corrected chi connectivity index (χ4v) is 4.22. The Labute approximate surface area is 187 Å². The van der Waals surface area contributed by atoms with Crippen LogP contribution in [-0.2, 0) is 6.54 Å². The molecule has 0 fully saturated rings. The average Bonchev–Trinajstić information content (AvgIpc) is 3.28. The molecular formula is C26H27N3OS. The third kappa shape index (κ3) is 5.12. The highest BCUT2D eigenvalue weighted by Crippen LogP contribution is 2.29. The predicted molar refractivity (Wildman–Crippen MR) is 131 cm³/mol. The first kappa shape index (κ1) is 21.1. The Morgan fingerprint density at radius 3 is 2.52 bits per heavy atom. The van der Waals surface area contributed by atoms with Crippen LogP contribution >= 0.6 is 11.3 Å². The molecule has 1 amide bonds. The van der Waals surface area contributed by atoms with Gasteiger partial charge in [0.2, 0.25) is 0 Å². The van der Waals surface area contributed by atoms with Crippen molar-refractivity contribution in [3.05, 3.63) is 83.2 Å².